The predicted octanol–water partition coefficient (Wildman–Crippen LogP) is 2.73. The molecule has 4 rings (SSSR count). The molecule has 0 aliphatic carbocycles. The van der Waals surface area contributed by atoms with Crippen molar-refractivity contribution in [1.82, 2.24) is 20.0 Å². The lowest BCUT2D eigenvalue weighted by atomic mass is 9.96. The molecule has 186 valence electrons. The molecular weight excluding hydrogens is 468 g/mol. The highest BCUT2D eigenvalue weighted by atomic mass is 32.1. The van der Waals surface area contributed by atoms with E-state index in [0.29, 0.717) is 55.3 Å². The van der Waals surface area contributed by atoms with E-state index in [1.54, 1.807) is 39.3 Å². The third-order valence-corrected chi connectivity index (χ3v) is 7.00. The van der Waals surface area contributed by atoms with E-state index in [0.717, 1.165) is 5.56 Å². The van der Waals surface area contributed by atoms with Crippen LogP contribution < -0.4 is 10.1 Å². The summed E-state index contributed by atoms with van der Waals surface area (Å²) in [7, 11) is 3.24. The number of hydrogen-bond acceptors (Lipinski definition) is 7. The molecule has 1 aromatic carbocycles. The van der Waals surface area contributed by atoms with Crippen LogP contribution in [0.1, 0.15) is 28.9 Å². The van der Waals surface area contributed by atoms with Gasteiger partial charge in [-0.1, -0.05) is 6.07 Å². The maximum absolute atomic E-state index is 13.0. The zero-order chi connectivity index (χ0) is 24.9. The number of amides is 3. The van der Waals surface area contributed by atoms with Gasteiger partial charge in [0.25, 0.3) is 5.91 Å². The number of methoxy groups -OCH3 is 1. The van der Waals surface area contributed by atoms with Gasteiger partial charge in [-0.3, -0.25) is 14.6 Å². The third-order valence-electron chi connectivity index (χ3n) is 6.30. The Hall–Kier alpha value is -3.37. The van der Waals surface area contributed by atoms with Crippen molar-refractivity contribution in [2.75, 3.05) is 53.5 Å². The number of hydrogen-bond donors (Lipinski definition) is 1. The number of rotatable bonds is 7. The zero-order valence-corrected chi connectivity index (χ0v) is 21.0. The quantitative estimate of drug-likeness (QED) is 0.591. The summed E-state index contributed by atoms with van der Waals surface area (Å²) >= 11 is 1.51. The van der Waals surface area contributed by atoms with Crippen molar-refractivity contribution in [2.24, 2.45) is 0 Å². The maximum Gasteiger partial charge on any atom is 0.338 e. The van der Waals surface area contributed by atoms with Crippen LogP contribution in [0.4, 0.5) is 4.79 Å². The number of thiophene rings is 1. The molecule has 0 unspecified atom stereocenters. The Labute approximate surface area is 208 Å². The number of ether oxygens (including phenoxy) is 2. The highest BCUT2D eigenvalue weighted by Gasteiger charge is 2.38. The largest absolute Gasteiger partial charge is 0.497 e. The molecule has 0 bridgehead atoms. The Kier molecular flexibility index (Phi) is 7.72. The Bertz CT molecular complexity index is 1110. The smallest absolute Gasteiger partial charge is 0.338 e. The van der Waals surface area contributed by atoms with Gasteiger partial charge in [-0.2, -0.15) is 11.3 Å². The van der Waals surface area contributed by atoms with E-state index in [2.05, 4.69) is 10.2 Å². The van der Waals surface area contributed by atoms with Gasteiger partial charge in [0.15, 0.2) is 0 Å². The van der Waals surface area contributed by atoms with Gasteiger partial charge in [0.2, 0.25) is 0 Å². The molecule has 0 spiro atoms. The Morgan fingerprint density at radius 1 is 1.17 bits per heavy atom. The van der Waals surface area contributed by atoms with Crippen molar-refractivity contribution in [3.8, 4) is 5.75 Å². The van der Waals surface area contributed by atoms with Crippen molar-refractivity contribution < 1.29 is 23.9 Å². The Balaban J connectivity index is 1.52. The van der Waals surface area contributed by atoms with E-state index >= 15 is 0 Å². The summed E-state index contributed by atoms with van der Waals surface area (Å²) in [4.78, 5) is 44.2. The summed E-state index contributed by atoms with van der Waals surface area (Å²) < 4.78 is 10.6. The van der Waals surface area contributed by atoms with E-state index in [9.17, 15) is 14.4 Å². The molecule has 2 aliphatic rings. The minimum atomic E-state index is -0.560. The summed E-state index contributed by atoms with van der Waals surface area (Å²) in [5.41, 5.74) is 2.51. The molecule has 1 aromatic heterocycles. The minimum Gasteiger partial charge on any atom is -0.497 e. The van der Waals surface area contributed by atoms with Crippen molar-refractivity contribution in [1.29, 1.82) is 0 Å². The fourth-order valence-corrected chi connectivity index (χ4v) is 5.03. The lowest BCUT2D eigenvalue weighted by Crippen LogP contribution is -2.53. The van der Waals surface area contributed by atoms with Crippen molar-refractivity contribution in [3.05, 3.63) is 63.5 Å². The van der Waals surface area contributed by atoms with E-state index in [1.165, 1.54) is 16.2 Å². The van der Waals surface area contributed by atoms with Gasteiger partial charge >= 0.3 is 12.0 Å². The van der Waals surface area contributed by atoms with Crippen LogP contribution in [0.15, 0.2) is 52.4 Å². The molecule has 2 aliphatic heterocycles. The average molecular weight is 499 g/mol. The van der Waals surface area contributed by atoms with Crippen LogP contribution in [0.5, 0.6) is 5.75 Å². The standard InChI is InChI=1S/C25H30N4O5S/c1-4-34-24(31)21-20(27(2)25(32)26-22(21)18-8-13-35-16-18)15-28-9-11-29(12-10-28)23(30)17-6-5-7-19(14-17)33-3/h5-8,13-14,16,22H,4,9-12,15H2,1-3H3,(H,26,32)/t22-/m0/s1. The first-order valence-corrected chi connectivity index (χ1v) is 12.5. The monoisotopic (exact) mass is 498 g/mol. The number of urea groups is 1. The second-order valence-corrected chi connectivity index (χ2v) is 9.16. The number of likely N-dealkylation sites (N-methyl/N-ethyl adjacent to an activating group) is 1. The first-order valence-electron chi connectivity index (χ1n) is 11.5. The first kappa shape index (κ1) is 24.7. The number of piperazine rings is 1. The topological polar surface area (TPSA) is 91.4 Å². The Morgan fingerprint density at radius 2 is 1.94 bits per heavy atom. The summed E-state index contributed by atoms with van der Waals surface area (Å²) in [5, 5.41) is 6.77. The van der Waals surface area contributed by atoms with Crippen molar-refractivity contribution in [3.63, 3.8) is 0 Å². The molecule has 2 aromatic rings. The minimum absolute atomic E-state index is 0.0401. The van der Waals surface area contributed by atoms with Crippen LogP contribution in [0.25, 0.3) is 0 Å². The molecule has 0 radical (unpaired) electrons. The van der Waals surface area contributed by atoms with Gasteiger partial charge in [-0.05, 0) is 47.5 Å². The highest BCUT2D eigenvalue weighted by Crippen LogP contribution is 2.32. The average Bonchev–Trinajstić information content (AvgIpc) is 3.42. The summed E-state index contributed by atoms with van der Waals surface area (Å²) in [6, 6.07) is 8.22. The van der Waals surface area contributed by atoms with Crippen LogP contribution in [-0.4, -0.2) is 86.1 Å². The SMILES string of the molecule is CCOC(=O)C1=C(CN2CCN(C(=O)c3cccc(OC)c3)CC2)N(C)C(=O)N[C@H]1c1ccsc1. The normalized spacial score (nSPS) is 18.9. The Morgan fingerprint density at radius 3 is 2.60 bits per heavy atom. The maximum atomic E-state index is 13.0. The van der Waals surface area contributed by atoms with Gasteiger partial charge in [-0.15, -0.1) is 0 Å². The lowest BCUT2D eigenvalue weighted by molar-refractivity contribution is -0.139. The molecular formula is C25H30N4O5S. The number of nitrogens with one attached hydrogen (secondary N) is 1. The van der Waals surface area contributed by atoms with E-state index in [-0.39, 0.29) is 18.5 Å². The van der Waals surface area contributed by atoms with Gasteiger partial charge in [0.1, 0.15) is 5.75 Å². The van der Waals surface area contributed by atoms with E-state index in [4.69, 9.17) is 9.47 Å². The highest BCUT2D eigenvalue weighted by molar-refractivity contribution is 7.08. The summed E-state index contributed by atoms with van der Waals surface area (Å²) in [6.45, 7) is 4.74. The number of carbonyl (C=O) groups is 3. The van der Waals surface area contributed by atoms with Gasteiger partial charge in [0, 0.05) is 51.0 Å². The summed E-state index contributed by atoms with van der Waals surface area (Å²) in [5.74, 6) is 0.172. The fourth-order valence-electron chi connectivity index (χ4n) is 4.35. The fraction of sp³-hybridized carbons (Fsp3) is 0.400. The van der Waals surface area contributed by atoms with Crippen LogP contribution in [-0.2, 0) is 9.53 Å². The molecule has 10 heteroatoms. The number of carbonyl (C=O) groups excluding carboxylic acids is 3. The molecule has 0 saturated carbocycles. The van der Waals surface area contributed by atoms with Crippen molar-refractivity contribution in [2.45, 2.75) is 13.0 Å². The van der Waals surface area contributed by atoms with E-state index in [1.807, 2.05) is 27.8 Å². The summed E-state index contributed by atoms with van der Waals surface area (Å²) in [6.07, 6.45) is 0. The first-order chi connectivity index (χ1) is 16.9. The van der Waals surface area contributed by atoms with Gasteiger partial charge in [-0.25, -0.2) is 9.59 Å². The van der Waals surface area contributed by atoms with Gasteiger partial charge < -0.3 is 19.7 Å². The molecule has 1 atom stereocenters. The van der Waals surface area contributed by atoms with Crippen LogP contribution in [0.3, 0.4) is 0 Å². The zero-order valence-electron chi connectivity index (χ0n) is 20.2. The molecule has 1 fully saturated rings. The molecule has 35 heavy (non-hydrogen) atoms. The predicted molar refractivity (Wildman–Crippen MR) is 132 cm³/mol. The van der Waals surface area contributed by atoms with Crippen LogP contribution >= 0.6 is 11.3 Å². The number of benzene rings is 1. The van der Waals surface area contributed by atoms with E-state index < -0.39 is 12.0 Å². The molecule has 3 heterocycles. The third kappa shape index (κ3) is 5.33. The van der Waals surface area contributed by atoms with Crippen LogP contribution in [0.2, 0.25) is 0 Å². The molecule has 3 amide bonds. The number of nitrogens with zero attached hydrogens (tertiary/aromatic N) is 3. The molecule has 9 nitrogen and oxygen atoms in total. The van der Waals surface area contributed by atoms with Crippen molar-refractivity contribution >= 4 is 29.2 Å². The second-order valence-electron chi connectivity index (χ2n) is 8.38. The van der Waals surface area contributed by atoms with Crippen LogP contribution in [0, 0.1) is 0 Å². The second kappa shape index (κ2) is 10.9. The molecule has 1 N–H and O–H groups in total. The number of esters is 1. The van der Waals surface area contributed by atoms with Gasteiger partial charge in [0.05, 0.1) is 25.3 Å². The molecule has 1 saturated heterocycles. The lowest BCUT2D eigenvalue weighted by Gasteiger charge is -2.39.